The quantitative estimate of drug-likeness (QED) is 0.897. The fourth-order valence-corrected chi connectivity index (χ4v) is 2.52. The summed E-state index contributed by atoms with van der Waals surface area (Å²) in [6.07, 6.45) is 2.35. The SMILES string of the molecule is CCc1nc2n(n1)[C@@H](c1ccc(N(C)C)cc1)C=C(C(=O)O)N2. The zero-order valence-electron chi connectivity index (χ0n) is 13.3. The minimum atomic E-state index is -1.01. The molecule has 2 N–H and O–H groups in total. The first-order valence-electron chi connectivity index (χ1n) is 7.44. The largest absolute Gasteiger partial charge is 0.477 e. The molecular formula is C16H19N5O2. The van der Waals surface area contributed by atoms with Crippen molar-refractivity contribution in [3.8, 4) is 0 Å². The van der Waals surface area contributed by atoms with Crippen molar-refractivity contribution in [1.82, 2.24) is 14.8 Å². The van der Waals surface area contributed by atoms with Gasteiger partial charge < -0.3 is 15.3 Å². The lowest BCUT2D eigenvalue weighted by molar-refractivity contribution is -0.132. The molecule has 0 spiro atoms. The molecule has 2 heterocycles. The molecule has 0 unspecified atom stereocenters. The highest BCUT2D eigenvalue weighted by Gasteiger charge is 2.26. The number of carboxylic acids is 1. The van der Waals surface area contributed by atoms with E-state index < -0.39 is 5.97 Å². The Labute approximate surface area is 134 Å². The molecule has 7 nitrogen and oxygen atoms in total. The maximum atomic E-state index is 11.4. The number of aromatic nitrogens is 3. The van der Waals surface area contributed by atoms with Crippen LogP contribution in [0.4, 0.5) is 11.6 Å². The Morgan fingerprint density at radius 3 is 2.61 bits per heavy atom. The van der Waals surface area contributed by atoms with E-state index in [1.165, 1.54) is 0 Å². The van der Waals surface area contributed by atoms with Gasteiger partial charge in [-0.2, -0.15) is 10.1 Å². The van der Waals surface area contributed by atoms with Gasteiger partial charge in [0.1, 0.15) is 11.7 Å². The Morgan fingerprint density at radius 2 is 2.04 bits per heavy atom. The van der Waals surface area contributed by atoms with Gasteiger partial charge in [0.15, 0.2) is 5.82 Å². The van der Waals surface area contributed by atoms with Crippen LogP contribution in [0.2, 0.25) is 0 Å². The molecule has 0 amide bonds. The molecule has 23 heavy (non-hydrogen) atoms. The number of nitrogens with zero attached hydrogens (tertiary/aromatic N) is 4. The molecule has 1 atom stereocenters. The van der Waals surface area contributed by atoms with Gasteiger partial charge in [-0.15, -0.1) is 0 Å². The van der Waals surface area contributed by atoms with Crippen LogP contribution in [0.3, 0.4) is 0 Å². The van der Waals surface area contributed by atoms with Gasteiger partial charge in [-0.3, -0.25) is 0 Å². The smallest absolute Gasteiger partial charge is 0.352 e. The van der Waals surface area contributed by atoms with Crippen molar-refractivity contribution in [2.75, 3.05) is 24.3 Å². The van der Waals surface area contributed by atoms with Crippen molar-refractivity contribution >= 4 is 17.6 Å². The van der Waals surface area contributed by atoms with Crippen molar-refractivity contribution < 1.29 is 9.90 Å². The molecule has 0 fully saturated rings. The number of carbonyl (C=O) groups is 1. The van der Waals surface area contributed by atoms with Gasteiger partial charge in [-0.1, -0.05) is 19.1 Å². The number of nitrogens with one attached hydrogen (secondary N) is 1. The van der Waals surface area contributed by atoms with E-state index in [9.17, 15) is 9.90 Å². The van der Waals surface area contributed by atoms with Crippen molar-refractivity contribution in [3.05, 3.63) is 47.4 Å². The molecule has 2 aromatic rings. The van der Waals surface area contributed by atoms with E-state index in [4.69, 9.17) is 0 Å². The van der Waals surface area contributed by atoms with Crippen LogP contribution in [0, 0.1) is 0 Å². The van der Waals surface area contributed by atoms with Gasteiger partial charge in [0, 0.05) is 26.2 Å². The lowest BCUT2D eigenvalue weighted by Crippen LogP contribution is -2.24. The van der Waals surface area contributed by atoms with E-state index in [2.05, 4.69) is 15.4 Å². The van der Waals surface area contributed by atoms with Gasteiger partial charge >= 0.3 is 5.97 Å². The standard InChI is InChI=1S/C16H19N5O2/c1-4-14-18-16-17-12(15(22)23)9-13(21(16)19-14)10-5-7-11(8-6-10)20(2)3/h5-9,13H,4H2,1-3H3,(H,22,23)(H,17,18,19)/t13-/m1/s1. The second-order valence-corrected chi connectivity index (χ2v) is 5.59. The molecule has 120 valence electrons. The Hall–Kier alpha value is -2.83. The zero-order valence-corrected chi connectivity index (χ0v) is 13.3. The summed E-state index contributed by atoms with van der Waals surface area (Å²) in [4.78, 5) is 17.7. The monoisotopic (exact) mass is 313 g/mol. The number of benzene rings is 1. The molecular weight excluding hydrogens is 294 g/mol. The fourth-order valence-electron chi connectivity index (χ4n) is 2.52. The number of rotatable bonds is 4. The Kier molecular flexibility index (Phi) is 3.77. The maximum Gasteiger partial charge on any atom is 0.352 e. The number of carboxylic acid groups (broad SMARTS) is 1. The predicted molar refractivity (Wildman–Crippen MR) is 87.6 cm³/mol. The summed E-state index contributed by atoms with van der Waals surface area (Å²) in [7, 11) is 3.95. The summed E-state index contributed by atoms with van der Waals surface area (Å²) < 4.78 is 1.73. The first-order chi connectivity index (χ1) is 11.0. The maximum absolute atomic E-state index is 11.4. The van der Waals surface area contributed by atoms with E-state index in [1.807, 2.05) is 50.2 Å². The summed E-state index contributed by atoms with van der Waals surface area (Å²) in [5.74, 6) is 0.137. The molecule has 1 aliphatic heterocycles. The van der Waals surface area contributed by atoms with E-state index in [0.717, 1.165) is 11.3 Å². The topological polar surface area (TPSA) is 83.3 Å². The second kappa shape index (κ2) is 5.75. The van der Waals surface area contributed by atoms with E-state index >= 15 is 0 Å². The number of hydrogen-bond acceptors (Lipinski definition) is 5. The molecule has 1 aromatic heterocycles. The highest BCUT2D eigenvalue weighted by molar-refractivity contribution is 5.90. The molecule has 1 aliphatic rings. The summed E-state index contributed by atoms with van der Waals surface area (Å²) in [6.45, 7) is 1.97. The van der Waals surface area contributed by atoms with Crippen LogP contribution in [0.1, 0.15) is 24.4 Å². The minimum absolute atomic E-state index is 0.120. The number of hydrogen-bond donors (Lipinski definition) is 2. The van der Waals surface area contributed by atoms with Crippen molar-refractivity contribution in [2.45, 2.75) is 19.4 Å². The minimum Gasteiger partial charge on any atom is -0.477 e. The molecule has 0 radical (unpaired) electrons. The molecule has 0 saturated heterocycles. The number of anilines is 2. The number of allylic oxidation sites excluding steroid dienone is 1. The average Bonchev–Trinajstić information content (AvgIpc) is 2.97. The van der Waals surface area contributed by atoms with E-state index in [-0.39, 0.29) is 11.7 Å². The third-order valence-electron chi connectivity index (χ3n) is 3.81. The lowest BCUT2D eigenvalue weighted by Gasteiger charge is -2.23. The van der Waals surface area contributed by atoms with Crippen LogP contribution < -0.4 is 10.2 Å². The highest BCUT2D eigenvalue weighted by Crippen LogP contribution is 2.30. The van der Waals surface area contributed by atoms with Crippen LogP contribution in [0.5, 0.6) is 0 Å². The van der Waals surface area contributed by atoms with Crippen LogP contribution in [-0.4, -0.2) is 39.9 Å². The second-order valence-electron chi connectivity index (χ2n) is 5.59. The zero-order chi connectivity index (χ0) is 16.6. The van der Waals surface area contributed by atoms with Gasteiger partial charge in [0.05, 0.1) is 0 Å². The highest BCUT2D eigenvalue weighted by atomic mass is 16.4. The lowest BCUT2D eigenvalue weighted by atomic mass is 10.0. The third-order valence-corrected chi connectivity index (χ3v) is 3.81. The van der Waals surface area contributed by atoms with E-state index in [1.54, 1.807) is 10.8 Å². The Balaban J connectivity index is 2.05. The molecule has 7 heteroatoms. The first kappa shape index (κ1) is 15.1. The van der Waals surface area contributed by atoms with Crippen molar-refractivity contribution in [1.29, 1.82) is 0 Å². The molecule has 0 bridgehead atoms. The van der Waals surface area contributed by atoms with Crippen molar-refractivity contribution in [3.63, 3.8) is 0 Å². The summed E-state index contributed by atoms with van der Waals surface area (Å²) in [5, 5.41) is 16.6. The summed E-state index contributed by atoms with van der Waals surface area (Å²) >= 11 is 0. The Morgan fingerprint density at radius 1 is 1.35 bits per heavy atom. The molecule has 0 aliphatic carbocycles. The number of aryl methyl sites for hydroxylation is 1. The van der Waals surface area contributed by atoms with E-state index in [0.29, 0.717) is 18.2 Å². The van der Waals surface area contributed by atoms with Crippen molar-refractivity contribution in [2.24, 2.45) is 0 Å². The molecule has 1 aromatic carbocycles. The fraction of sp³-hybridized carbons (Fsp3) is 0.312. The van der Waals surface area contributed by atoms with Crippen LogP contribution in [0.15, 0.2) is 36.0 Å². The van der Waals surface area contributed by atoms with Gasteiger partial charge in [0.25, 0.3) is 0 Å². The summed E-state index contributed by atoms with van der Waals surface area (Å²) in [6, 6.07) is 7.68. The van der Waals surface area contributed by atoms with Gasteiger partial charge in [0.2, 0.25) is 5.95 Å². The number of aliphatic carboxylic acids is 1. The molecule has 0 saturated carbocycles. The normalized spacial score (nSPS) is 16.3. The van der Waals surface area contributed by atoms with Gasteiger partial charge in [-0.05, 0) is 23.8 Å². The van der Waals surface area contributed by atoms with Crippen LogP contribution >= 0.6 is 0 Å². The first-order valence-corrected chi connectivity index (χ1v) is 7.44. The Bertz CT molecular complexity index is 761. The van der Waals surface area contributed by atoms with Crippen LogP contribution in [0.25, 0.3) is 0 Å². The summed E-state index contributed by atoms with van der Waals surface area (Å²) in [5.41, 5.74) is 2.16. The van der Waals surface area contributed by atoms with Gasteiger partial charge in [-0.25, -0.2) is 9.48 Å². The average molecular weight is 313 g/mol. The molecule has 3 rings (SSSR count). The number of fused-ring (bicyclic) bond motifs is 1. The van der Waals surface area contributed by atoms with Crippen LogP contribution in [-0.2, 0) is 11.2 Å². The third kappa shape index (κ3) is 2.77. The predicted octanol–water partition coefficient (Wildman–Crippen LogP) is 1.89.